The molecule has 64 heavy (non-hydrogen) atoms. The number of nitrogens with one attached hydrogen (secondary N) is 1. The van der Waals surface area contributed by atoms with Gasteiger partial charge in [0.2, 0.25) is 5.91 Å². The van der Waals surface area contributed by atoms with E-state index < -0.39 is 18.2 Å². The highest BCUT2D eigenvalue weighted by Gasteiger charge is 2.24. The zero-order valence-electron chi connectivity index (χ0n) is 43.2. The van der Waals surface area contributed by atoms with Gasteiger partial charge in [-0.05, 0) is 51.4 Å². The molecule has 0 aliphatic heterocycles. The molecule has 1 amide bonds. The Morgan fingerprint density at radius 1 is 0.453 bits per heavy atom. The summed E-state index contributed by atoms with van der Waals surface area (Å²) in [5.74, 6) is -0.486. The second-order valence-electron chi connectivity index (χ2n) is 19.7. The number of hydrogen-bond acceptors (Lipinski definition) is 5. The number of aliphatic hydroxyl groups is 2. The fourth-order valence-corrected chi connectivity index (χ4v) is 8.95. The summed E-state index contributed by atoms with van der Waals surface area (Å²) in [5.41, 5.74) is 0. The number of unbranched alkanes of at least 4 members (excludes halogenated alkanes) is 37. The van der Waals surface area contributed by atoms with E-state index in [9.17, 15) is 19.8 Å². The molecule has 0 rings (SSSR count). The lowest BCUT2D eigenvalue weighted by Gasteiger charge is -2.24. The normalized spacial score (nSPS) is 13.3. The van der Waals surface area contributed by atoms with E-state index in [-0.39, 0.29) is 24.9 Å². The minimum absolute atomic E-state index is 0.0731. The zero-order valence-corrected chi connectivity index (χ0v) is 43.2. The largest absolute Gasteiger partial charge is 0.462 e. The molecule has 0 heterocycles. The van der Waals surface area contributed by atoms with Crippen LogP contribution in [0.2, 0.25) is 0 Å². The number of hydrogen-bond donors (Lipinski definition) is 3. The van der Waals surface area contributed by atoms with Crippen molar-refractivity contribution in [1.29, 1.82) is 0 Å². The molecule has 3 atom stereocenters. The van der Waals surface area contributed by atoms with Crippen molar-refractivity contribution < 1.29 is 24.5 Å². The van der Waals surface area contributed by atoms with Crippen LogP contribution in [0.1, 0.15) is 310 Å². The Morgan fingerprint density at radius 3 is 1.16 bits per heavy atom. The molecule has 3 unspecified atom stereocenters. The van der Waals surface area contributed by atoms with Crippen LogP contribution in [-0.4, -0.2) is 46.9 Å². The van der Waals surface area contributed by atoms with E-state index in [4.69, 9.17) is 4.74 Å². The second-order valence-corrected chi connectivity index (χ2v) is 19.7. The standard InChI is InChI=1S/C58H111NO5/c1-4-7-10-13-16-19-22-25-27-29-32-34-37-40-43-46-49-54(64-58(63)51-48-45-42-39-36-33-30-28-26-23-20-17-14-11-8-5-2)52-57(62)59-55(53-60)56(61)50-47-44-41-38-35-31-24-21-18-15-12-9-6-3/h28,30,33,36,54-56,60-61H,4-27,29,31-32,34-35,37-53H2,1-3H3,(H,59,62)/b30-28+,36-33+. The van der Waals surface area contributed by atoms with Crippen LogP contribution < -0.4 is 5.32 Å². The van der Waals surface area contributed by atoms with Crippen molar-refractivity contribution in [2.75, 3.05) is 6.61 Å². The molecular weight excluding hydrogens is 791 g/mol. The molecule has 0 saturated carbocycles. The van der Waals surface area contributed by atoms with E-state index >= 15 is 0 Å². The number of carbonyl (C=O) groups excluding carboxylic acids is 2. The highest BCUT2D eigenvalue weighted by molar-refractivity contribution is 5.77. The van der Waals surface area contributed by atoms with E-state index in [0.717, 1.165) is 57.8 Å². The highest BCUT2D eigenvalue weighted by atomic mass is 16.5. The van der Waals surface area contributed by atoms with Crippen LogP contribution in [0.3, 0.4) is 0 Å². The Morgan fingerprint density at radius 2 is 0.781 bits per heavy atom. The molecule has 0 radical (unpaired) electrons. The first-order valence-electron chi connectivity index (χ1n) is 28.6. The van der Waals surface area contributed by atoms with Crippen LogP contribution in [-0.2, 0) is 14.3 Å². The first kappa shape index (κ1) is 62.3. The summed E-state index contributed by atoms with van der Waals surface area (Å²) in [5, 5.41) is 23.8. The smallest absolute Gasteiger partial charge is 0.306 e. The third kappa shape index (κ3) is 46.9. The third-order valence-electron chi connectivity index (χ3n) is 13.3. The van der Waals surface area contributed by atoms with Crippen molar-refractivity contribution in [2.24, 2.45) is 0 Å². The Balaban J connectivity index is 4.57. The van der Waals surface area contributed by atoms with Crippen molar-refractivity contribution in [3.8, 4) is 0 Å². The number of aliphatic hydroxyl groups excluding tert-OH is 2. The fourth-order valence-electron chi connectivity index (χ4n) is 8.95. The summed E-state index contributed by atoms with van der Waals surface area (Å²) in [6.45, 7) is 6.51. The van der Waals surface area contributed by atoms with Crippen LogP contribution in [0.15, 0.2) is 24.3 Å². The number of allylic oxidation sites excluding steroid dienone is 4. The second kappa shape index (κ2) is 52.3. The first-order valence-corrected chi connectivity index (χ1v) is 28.6. The Labute approximate surface area is 399 Å². The number of carbonyl (C=O) groups is 2. The van der Waals surface area contributed by atoms with Crippen LogP contribution in [0, 0.1) is 0 Å². The molecular formula is C58H111NO5. The average Bonchev–Trinajstić information content (AvgIpc) is 3.29. The summed E-state index contributed by atoms with van der Waals surface area (Å²) < 4.78 is 5.95. The van der Waals surface area contributed by atoms with E-state index in [0.29, 0.717) is 19.3 Å². The predicted octanol–water partition coefficient (Wildman–Crippen LogP) is 17.5. The van der Waals surface area contributed by atoms with Gasteiger partial charge in [-0.1, -0.05) is 270 Å². The molecule has 0 aliphatic rings. The summed E-state index contributed by atoms with van der Waals surface area (Å²) in [6.07, 6.45) is 61.0. The molecule has 0 spiro atoms. The Kier molecular flexibility index (Phi) is 51.0. The van der Waals surface area contributed by atoms with Crippen molar-refractivity contribution in [2.45, 2.75) is 328 Å². The lowest BCUT2D eigenvalue weighted by molar-refractivity contribution is -0.151. The van der Waals surface area contributed by atoms with Crippen LogP contribution in [0.4, 0.5) is 0 Å². The van der Waals surface area contributed by atoms with Gasteiger partial charge in [-0.25, -0.2) is 0 Å². The van der Waals surface area contributed by atoms with E-state index in [1.807, 2.05) is 0 Å². The minimum Gasteiger partial charge on any atom is -0.462 e. The van der Waals surface area contributed by atoms with Gasteiger partial charge in [0.15, 0.2) is 0 Å². The van der Waals surface area contributed by atoms with Gasteiger partial charge in [-0.2, -0.15) is 0 Å². The van der Waals surface area contributed by atoms with Gasteiger partial charge in [0.25, 0.3) is 0 Å². The van der Waals surface area contributed by atoms with Gasteiger partial charge < -0.3 is 20.3 Å². The molecule has 0 aromatic rings. The maximum absolute atomic E-state index is 13.3. The number of ether oxygens (including phenoxy) is 1. The van der Waals surface area contributed by atoms with Crippen LogP contribution in [0.5, 0.6) is 0 Å². The molecule has 0 bridgehead atoms. The molecule has 0 saturated heterocycles. The number of amides is 1. The van der Waals surface area contributed by atoms with Gasteiger partial charge in [0.1, 0.15) is 6.10 Å². The molecule has 378 valence electrons. The molecule has 0 aromatic heterocycles. The highest BCUT2D eigenvalue weighted by Crippen LogP contribution is 2.19. The van der Waals surface area contributed by atoms with Gasteiger partial charge >= 0.3 is 5.97 Å². The SMILES string of the molecule is CCCCCCCCC/C=C/C=C/CCCCCC(=O)OC(CCCCCCCCCCCCCCCCCC)CC(=O)NC(CO)C(O)CCCCCCCCCCCCCCC. The summed E-state index contributed by atoms with van der Waals surface area (Å²) in [7, 11) is 0. The molecule has 3 N–H and O–H groups in total. The van der Waals surface area contributed by atoms with E-state index in [2.05, 4.69) is 50.4 Å². The van der Waals surface area contributed by atoms with Gasteiger partial charge in [-0.15, -0.1) is 0 Å². The topological polar surface area (TPSA) is 95.9 Å². The maximum atomic E-state index is 13.3. The summed E-state index contributed by atoms with van der Waals surface area (Å²) in [6, 6.07) is -0.702. The average molecular weight is 903 g/mol. The Bertz CT molecular complexity index is 1010. The molecule has 0 fully saturated rings. The third-order valence-corrected chi connectivity index (χ3v) is 13.3. The number of esters is 1. The number of rotatable bonds is 52. The van der Waals surface area contributed by atoms with Gasteiger partial charge in [0.05, 0.1) is 25.2 Å². The maximum Gasteiger partial charge on any atom is 0.306 e. The van der Waals surface area contributed by atoms with Crippen molar-refractivity contribution in [1.82, 2.24) is 5.32 Å². The van der Waals surface area contributed by atoms with Crippen molar-refractivity contribution in [3.63, 3.8) is 0 Å². The van der Waals surface area contributed by atoms with Crippen molar-refractivity contribution >= 4 is 11.9 Å². The van der Waals surface area contributed by atoms with Gasteiger partial charge in [0, 0.05) is 6.42 Å². The monoisotopic (exact) mass is 902 g/mol. The lowest BCUT2D eigenvalue weighted by atomic mass is 10.0. The molecule has 0 aromatic carbocycles. The summed E-state index contributed by atoms with van der Waals surface area (Å²) >= 11 is 0. The molecule has 6 nitrogen and oxygen atoms in total. The Hall–Kier alpha value is -1.66. The molecule has 0 aliphatic carbocycles. The minimum atomic E-state index is -0.788. The zero-order chi connectivity index (χ0) is 46.7. The predicted molar refractivity (Wildman–Crippen MR) is 278 cm³/mol. The van der Waals surface area contributed by atoms with Crippen molar-refractivity contribution in [3.05, 3.63) is 24.3 Å². The van der Waals surface area contributed by atoms with Crippen LogP contribution >= 0.6 is 0 Å². The lowest BCUT2D eigenvalue weighted by Crippen LogP contribution is -2.46. The fraction of sp³-hybridized carbons (Fsp3) is 0.897. The van der Waals surface area contributed by atoms with Gasteiger partial charge in [-0.3, -0.25) is 9.59 Å². The summed E-state index contributed by atoms with van der Waals surface area (Å²) in [4.78, 5) is 26.2. The molecule has 6 heteroatoms. The first-order chi connectivity index (χ1) is 31.5. The van der Waals surface area contributed by atoms with E-state index in [1.165, 1.54) is 205 Å². The van der Waals surface area contributed by atoms with Crippen LogP contribution in [0.25, 0.3) is 0 Å². The quantitative estimate of drug-likeness (QED) is 0.0321. The van der Waals surface area contributed by atoms with E-state index in [1.54, 1.807) is 0 Å².